The van der Waals surface area contributed by atoms with Crippen LogP contribution in [0.5, 0.6) is 0 Å². The fraction of sp³-hybridized carbons (Fsp3) is 0.500. The van der Waals surface area contributed by atoms with E-state index in [4.69, 9.17) is 4.98 Å². The number of carbonyl (C=O) groups excluding carboxylic acids is 1. The number of rotatable bonds is 4. The van der Waals surface area contributed by atoms with Gasteiger partial charge in [0.15, 0.2) is 5.03 Å². The minimum Gasteiger partial charge on any atom is -0.362 e. The van der Waals surface area contributed by atoms with Crippen molar-refractivity contribution in [2.75, 3.05) is 23.3 Å². The van der Waals surface area contributed by atoms with E-state index in [0.717, 1.165) is 18.5 Å². The summed E-state index contributed by atoms with van der Waals surface area (Å²) in [5.41, 5.74) is 1.26. The largest absolute Gasteiger partial charge is 0.401 e. The third-order valence-electron chi connectivity index (χ3n) is 8.33. The lowest BCUT2D eigenvalue weighted by atomic mass is 9.90. The van der Waals surface area contributed by atoms with Gasteiger partial charge in [0.2, 0.25) is 0 Å². The van der Waals surface area contributed by atoms with Crippen LogP contribution in [0.25, 0.3) is 0 Å². The molecule has 10 nitrogen and oxygen atoms in total. The first-order valence-electron chi connectivity index (χ1n) is 15.2. The second-order valence-corrected chi connectivity index (χ2v) is 15.3. The Bertz CT molecular complexity index is 1710. The Labute approximate surface area is 267 Å². The lowest BCUT2D eigenvalue weighted by molar-refractivity contribution is -0.125. The molecule has 0 radical (unpaired) electrons. The Hall–Kier alpha value is -3.78. The lowest BCUT2D eigenvalue weighted by Gasteiger charge is -2.34. The summed E-state index contributed by atoms with van der Waals surface area (Å²) >= 11 is 0. The number of halogens is 3. The smallest absolute Gasteiger partial charge is 0.362 e. The molecule has 2 atom stereocenters. The van der Waals surface area contributed by atoms with E-state index in [-0.39, 0.29) is 34.3 Å². The summed E-state index contributed by atoms with van der Waals surface area (Å²) in [5, 5.41) is 5.34. The highest BCUT2D eigenvalue weighted by atomic mass is 32.2. The summed E-state index contributed by atoms with van der Waals surface area (Å²) in [5.74, 6) is 0.0813. The molecule has 1 amide bonds. The molecule has 14 heteroatoms. The number of aromatic nitrogens is 3. The van der Waals surface area contributed by atoms with Gasteiger partial charge < -0.3 is 15.5 Å². The Balaban J connectivity index is 1.55. The van der Waals surface area contributed by atoms with Crippen LogP contribution < -0.4 is 20.3 Å². The van der Waals surface area contributed by atoms with Gasteiger partial charge in [0.1, 0.15) is 11.6 Å². The molecule has 1 fully saturated rings. The van der Waals surface area contributed by atoms with E-state index >= 15 is 0 Å². The predicted octanol–water partition coefficient (Wildman–Crippen LogP) is 5.49. The van der Waals surface area contributed by atoms with Crippen LogP contribution in [0.4, 0.5) is 24.8 Å². The molecule has 2 aliphatic rings. The summed E-state index contributed by atoms with van der Waals surface area (Å²) in [4.78, 5) is 29.6. The van der Waals surface area contributed by atoms with Crippen molar-refractivity contribution >= 4 is 27.6 Å². The normalized spacial score (nSPS) is 21.4. The maximum Gasteiger partial charge on any atom is 0.401 e. The Morgan fingerprint density at radius 2 is 1.74 bits per heavy atom. The first-order chi connectivity index (χ1) is 21.4. The summed E-state index contributed by atoms with van der Waals surface area (Å²) in [6.45, 7) is 9.64. The average Bonchev–Trinajstić information content (AvgIpc) is 3.27. The highest BCUT2D eigenvalue weighted by Gasteiger charge is 2.41. The zero-order chi connectivity index (χ0) is 33.5. The van der Waals surface area contributed by atoms with E-state index in [1.54, 1.807) is 36.4 Å². The maximum absolute atomic E-state index is 13.6. The van der Waals surface area contributed by atoms with Crippen LogP contribution in [0.15, 0.2) is 53.6 Å². The first kappa shape index (κ1) is 33.6. The number of hydrogen-bond donors (Lipinski definition) is 3. The van der Waals surface area contributed by atoms with Crippen molar-refractivity contribution < 1.29 is 26.4 Å². The monoisotopic (exact) mass is 659 g/mol. The van der Waals surface area contributed by atoms with Crippen molar-refractivity contribution in [2.24, 2.45) is 5.92 Å². The summed E-state index contributed by atoms with van der Waals surface area (Å²) in [6, 6.07) is 12.6. The van der Waals surface area contributed by atoms with E-state index in [2.05, 4.69) is 44.1 Å². The molecule has 0 aromatic carbocycles. The Kier molecular flexibility index (Phi) is 9.08. The molecule has 248 valence electrons. The van der Waals surface area contributed by atoms with Crippen LogP contribution in [0, 0.1) is 5.92 Å². The number of carbonyl (C=O) groups is 1. The van der Waals surface area contributed by atoms with Crippen molar-refractivity contribution in [3.8, 4) is 0 Å². The highest BCUT2D eigenvalue weighted by molar-refractivity contribution is 7.90. The summed E-state index contributed by atoms with van der Waals surface area (Å²) in [6.07, 6.45) is -2.22. The Morgan fingerprint density at radius 1 is 1.00 bits per heavy atom. The molecule has 46 heavy (non-hydrogen) atoms. The van der Waals surface area contributed by atoms with E-state index < -0.39 is 40.2 Å². The van der Waals surface area contributed by atoms with Gasteiger partial charge in [-0.1, -0.05) is 32.9 Å². The molecule has 0 saturated carbocycles. The lowest BCUT2D eigenvalue weighted by Crippen LogP contribution is -2.41. The molecule has 3 N–H and O–H groups in total. The molecule has 2 aliphatic heterocycles. The minimum absolute atomic E-state index is 0.0690. The zero-order valence-corrected chi connectivity index (χ0v) is 27.4. The molecule has 0 unspecified atom stereocenters. The number of amides is 1. The number of nitrogens with one attached hydrogen (secondary N) is 3. The predicted molar refractivity (Wildman–Crippen MR) is 169 cm³/mol. The second-order valence-electron chi connectivity index (χ2n) is 13.7. The van der Waals surface area contributed by atoms with E-state index in [1.807, 2.05) is 20.8 Å². The maximum atomic E-state index is 13.6. The minimum atomic E-state index is -4.38. The fourth-order valence-electron chi connectivity index (χ4n) is 6.07. The molecule has 3 aromatic heterocycles. The van der Waals surface area contributed by atoms with Gasteiger partial charge in [-0.3, -0.25) is 9.78 Å². The van der Waals surface area contributed by atoms with Gasteiger partial charge in [-0.25, -0.2) is 14.7 Å². The number of nitrogens with zero attached hydrogens (tertiary/aromatic N) is 4. The van der Waals surface area contributed by atoms with E-state index in [1.165, 1.54) is 12.1 Å². The molecule has 0 aliphatic carbocycles. The van der Waals surface area contributed by atoms with Crippen LogP contribution in [-0.4, -0.2) is 54.1 Å². The number of sulfonamides is 1. The van der Waals surface area contributed by atoms with Crippen molar-refractivity contribution in [3.63, 3.8) is 0 Å². The molecule has 5 heterocycles. The van der Waals surface area contributed by atoms with Gasteiger partial charge in [0.25, 0.3) is 15.9 Å². The van der Waals surface area contributed by atoms with Crippen LogP contribution in [-0.2, 0) is 22.0 Å². The van der Waals surface area contributed by atoms with Crippen LogP contribution in [0.1, 0.15) is 87.4 Å². The van der Waals surface area contributed by atoms with E-state index in [9.17, 15) is 26.4 Å². The molecular formula is C32H40F3N7O3S. The number of alkyl halides is 3. The molecule has 3 aromatic rings. The van der Waals surface area contributed by atoms with Gasteiger partial charge in [0.05, 0.1) is 29.5 Å². The van der Waals surface area contributed by atoms with Crippen molar-refractivity contribution in [1.29, 1.82) is 0 Å². The molecule has 0 spiro atoms. The number of fused-ring (bicyclic) bond motifs is 6. The van der Waals surface area contributed by atoms with Gasteiger partial charge in [0, 0.05) is 29.7 Å². The van der Waals surface area contributed by atoms with E-state index in [0.29, 0.717) is 30.2 Å². The molecule has 5 rings (SSSR count). The molecular weight excluding hydrogens is 619 g/mol. The van der Waals surface area contributed by atoms with Crippen molar-refractivity contribution in [2.45, 2.75) is 88.6 Å². The first-order valence-corrected chi connectivity index (χ1v) is 16.7. The van der Waals surface area contributed by atoms with Crippen molar-refractivity contribution in [3.05, 3.63) is 71.2 Å². The zero-order valence-electron chi connectivity index (χ0n) is 26.6. The van der Waals surface area contributed by atoms with Crippen LogP contribution >= 0.6 is 0 Å². The number of anilines is 2. The molecule has 1 saturated heterocycles. The van der Waals surface area contributed by atoms with Gasteiger partial charge in [-0.05, 0) is 75.4 Å². The third kappa shape index (κ3) is 7.77. The third-order valence-corrected chi connectivity index (χ3v) is 9.56. The van der Waals surface area contributed by atoms with Crippen LogP contribution in [0.2, 0.25) is 0 Å². The topological polar surface area (TPSA) is 129 Å². The number of pyridine rings is 3. The van der Waals surface area contributed by atoms with Gasteiger partial charge in [-0.2, -0.15) is 21.6 Å². The number of hydrogen-bond acceptors (Lipinski definition) is 9. The Morgan fingerprint density at radius 3 is 2.46 bits per heavy atom. The summed E-state index contributed by atoms with van der Waals surface area (Å²) in [7, 11) is -4.38. The van der Waals surface area contributed by atoms with Gasteiger partial charge in [-0.15, -0.1) is 0 Å². The standard InChI is InChI=1S/C32H40F3N7O3S/c1-30(2,3)25-15-13-22-28(39-25)42-18-20(16-31(42,4)5)12-14-24(23-9-6-8-21(37-23)17-36-19-32(33,34)35)38-26-10-7-11-27(40-26)46(44,45)41-29(22)43/h6-11,13,15,20,24,36H,12,14,16-19H2,1-5H3,(H,38,40)(H,41,43)/t20-,24+/m0/s1. The van der Waals surface area contributed by atoms with Crippen molar-refractivity contribution in [1.82, 2.24) is 25.0 Å². The SMILES string of the molecule is CC(C)(C)c1ccc2c(n1)N1C[C@@H](CC[C@H](c3cccc(CNCC(F)(F)F)n3)Nc3cccc(n3)S(=O)(=O)NC2=O)CC1(C)C. The highest BCUT2D eigenvalue weighted by Crippen LogP contribution is 2.41. The second kappa shape index (κ2) is 12.4. The average molecular weight is 660 g/mol. The van der Waals surface area contributed by atoms with Gasteiger partial charge >= 0.3 is 6.18 Å². The quantitative estimate of drug-likeness (QED) is 0.333. The summed E-state index contributed by atoms with van der Waals surface area (Å²) < 4.78 is 67.2. The molecule has 4 bridgehead atoms. The van der Waals surface area contributed by atoms with Crippen LogP contribution in [0.3, 0.4) is 0 Å². The fourth-order valence-corrected chi connectivity index (χ4v) is 7.01.